The first-order valence-corrected chi connectivity index (χ1v) is 10.3. The molecule has 2 saturated heterocycles. The largest absolute Gasteiger partial charge is 0.490 e. The quantitative estimate of drug-likeness (QED) is 0.816. The van der Waals surface area contributed by atoms with Gasteiger partial charge in [-0.1, -0.05) is 12.8 Å². The van der Waals surface area contributed by atoms with Gasteiger partial charge in [0.2, 0.25) is 5.91 Å². The lowest BCUT2D eigenvalue weighted by Crippen LogP contribution is -2.50. The van der Waals surface area contributed by atoms with Gasteiger partial charge in [0.1, 0.15) is 11.9 Å². The smallest absolute Gasteiger partial charge is 0.233 e. The third-order valence-corrected chi connectivity index (χ3v) is 7.03. The minimum absolute atomic E-state index is 0.233. The van der Waals surface area contributed by atoms with Crippen molar-refractivity contribution in [1.82, 2.24) is 9.88 Å². The van der Waals surface area contributed by atoms with Crippen molar-refractivity contribution in [2.24, 2.45) is 0 Å². The molecular formula is C19H26N2O2S. The Morgan fingerprint density at radius 2 is 1.79 bits per heavy atom. The van der Waals surface area contributed by atoms with Gasteiger partial charge < -0.3 is 9.64 Å². The zero-order valence-electron chi connectivity index (χ0n) is 14.1. The molecule has 130 valence electrons. The van der Waals surface area contributed by atoms with Crippen molar-refractivity contribution in [1.29, 1.82) is 0 Å². The van der Waals surface area contributed by atoms with E-state index in [4.69, 9.17) is 4.74 Å². The number of pyridine rings is 1. The highest BCUT2D eigenvalue weighted by Crippen LogP contribution is 2.38. The number of rotatable bonds is 5. The molecule has 0 spiro atoms. The number of thioether (sulfide) groups is 1. The van der Waals surface area contributed by atoms with Crippen molar-refractivity contribution >= 4 is 17.7 Å². The Balaban J connectivity index is 1.32. The summed E-state index contributed by atoms with van der Waals surface area (Å²) in [5.74, 6) is 1.93. The molecule has 3 fully saturated rings. The highest BCUT2D eigenvalue weighted by molar-refractivity contribution is 8.00. The number of piperidine rings is 1. The normalized spacial score (nSPS) is 29.8. The van der Waals surface area contributed by atoms with Gasteiger partial charge in [0.05, 0.1) is 5.75 Å². The monoisotopic (exact) mass is 346 g/mol. The number of hydrogen-bond donors (Lipinski definition) is 0. The molecule has 3 aliphatic rings. The van der Waals surface area contributed by atoms with Gasteiger partial charge in [-0.3, -0.25) is 9.78 Å². The first-order valence-electron chi connectivity index (χ1n) is 9.29. The van der Waals surface area contributed by atoms with Crippen LogP contribution in [0.3, 0.4) is 0 Å². The molecule has 1 aromatic heterocycles. The fourth-order valence-corrected chi connectivity index (χ4v) is 5.75. The Labute approximate surface area is 148 Å². The van der Waals surface area contributed by atoms with Crippen LogP contribution in [0.5, 0.6) is 5.75 Å². The maximum Gasteiger partial charge on any atom is 0.233 e. The first-order chi connectivity index (χ1) is 11.8. The number of carbonyl (C=O) groups excluding carboxylic acids is 1. The van der Waals surface area contributed by atoms with Crippen LogP contribution in [-0.2, 0) is 4.79 Å². The molecule has 1 aliphatic carbocycles. The summed E-state index contributed by atoms with van der Waals surface area (Å²) in [6.45, 7) is 0. The highest BCUT2D eigenvalue weighted by Gasteiger charge is 2.43. The van der Waals surface area contributed by atoms with Gasteiger partial charge in [0.25, 0.3) is 0 Å². The number of fused-ring (bicyclic) bond motifs is 2. The summed E-state index contributed by atoms with van der Waals surface area (Å²) >= 11 is 1.89. The molecule has 2 atom stereocenters. The van der Waals surface area contributed by atoms with Crippen LogP contribution in [0.4, 0.5) is 0 Å². The van der Waals surface area contributed by atoms with Crippen molar-refractivity contribution in [2.45, 2.75) is 74.8 Å². The second-order valence-electron chi connectivity index (χ2n) is 7.30. The Kier molecular flexibility index (Phi) is 4.97. The third-order valence-electron chi connectivity index (χ3n) is 5.68. The van der Waals surface area contributed by atoms with Crippen LogP contribution in [0.15, 0.2) is 24.5 Å². The molecule has 2 unspecified atom stereocenters. The van der Waals surface area contributed by atoms with E-state index >= 15 is 0 Å². The molecule has 0 radical (unpaired) electrons. The summed E-state index contributed by atoms with van der Waals surface area (Å²) in [5.41, 5.74) is 0. The summed E-state index contributed by atoms with van der Waals surface area (Å²) in [6, 6.07) is 4.59. The van der Waals surface area contributed by atoms with E-state index in [-0.39, 0.29) is 6.10 Å². The summed E-state index contributed by atoms with van der Waals surface area (Å²) in [4.78, 5) is 19.0. The minimum Gasteiger partial charge on any atom is -0.490 e. The van der Waals surface area contributed by atoms with Crippen LogP contribution in [0.2, 0.25) is 0 Å². The van der Waals surface area contributed by atoms with Crippen molar-refractivity contribution in [3.8, 4) is 5.75 Å². The zero-order valence-corrected chi connectivity index (χ0v) is 14.9. The molecule has 2 aliphatic heterocycles. The number of carbonyl (C=O) groups is 1. The second-order valence-corrected chi connectivity index (χ2v) is 8.59. The van der Waals surface area contributed by atoms with Crippen LogP contribution in [-0.4, -0.2) is 45.0 Å². The SMILES string of the molecule is O=C(CSC1CCCC1)N1C2CCC1CC(Oc1ccncc1)C2. The predicted molar refractivity (Wildman–Crippen MR) is 96.3 cm³/mol. The Bertz CT molecular complexity index is 548. The van der Waals surface area contributed by atoms with Gasteiger partial charge in [-0.05, 0) is 37.8 Å². The third kappa shape index (κ3) is 3.56. The van der Waals surface area contributed by atoms with Gasteiger partial charge in [0, 0.05) is 42.6 Å². The van der Waals surface area contributed by atoms with Gasteiger partial charge in [-0.15, -0.1) is 11.8 Å². The molecule has 0 N–H and O–H groups in total. The molecule has 0 aromatic carbocycles. The van der Waals surface area contributed by atoms with Crippen LogP contribution >= 0.6 is 11.8 Å². The Hall–Kier alpha value is -1.23. The lowest BCUT2D eigenvalue weighted by Gasteiger charge is -2.39. The number of nitrogens with zero attached hydrogens (tertiary/aromatic N) is 2. The number of ether oxygens (including phenoxy) is 1. The maximum atomic E-state index is 12.7. The lowest BCUT2D eigenvalue weighted by atomic mass is 9.99. The molecule has 1 amide bonds. The molecule has 3 heterocycles. The second kappa shape index (κ2) is 7.34. The molecule has 2 bridgehead atoms. The van der Waals surface area contributed by atoms with E-state index < -0.39 is 0 Å². The zero-order chi connectivity index (χ0) is 16.4. The molecular weight excluding hydrogens is 320 g/mol. The summed E-state index contributed by atoms with van der Waals surface area (Å²) < 4.78 is 6.12. The highest BCUT2D eigenvalue weighted by atomic mass is 32.2. The van der Waals surface area contributed by atoms with E-state index in [9.17, 15) is 4.79 Å². The molecule has 1 aromatic rings. The van der Waals surface area contributed by atoms with Crippen LogP contribution in [0, 0.1) is 0 Å². The van der Waals surface area contributed by atoms with Crippen molar-refractivity contribution < 1.29 is 9.53 Å². The van der Waals surface area contributed by atoms with Crippen LogP contribution in [0.25, 0.3) is 0 Å². The number of amides is 1. The minimum atomic E-state index is 0.233. The van der Waals surface area contributed by atoms with Gasteiger partial charge in [0.15, 0.2) is 0 Å². The van der Waals surface area contributed by atoms with Gasteiger partial charge in [-0.25, -0.2) is 0 Å². The standard InChI is InChI=1S/C19H26N2O2S/c22-19(13-24-18-3-1-2-4-18)21-14-5-6-15(21)12-17(11-14)23-16-7-9-20-10-8-16/h7-10,14-15,17-18H,1-6,11-13H2. The van der Waals surface area contributed by atoms with E-state index in [0.29, 0.717) is 23.7 Å². The topological polar surface area (TPSA) is 42.4 Å². The summed E-state index contributed by atoms with van der Waals surface area (Å²) in [5, 5.41) is 0.721. The fraction of sp³-hybridized carbons (Fsp3) is 0.684. The number of hydrogen-bond acceptors (Lipinski definition) is 4. The molecule has 4 nitrogen and oxygen atoms in total. The van der Waals surface area contributed by atoms with Crippen molar-refractivity contribution in [3.63, 3.8) is 0 Å². The van der Waals surface area contributed by atoms with Crippen molar-refractivity contribution in [2.75, 3.05) is 5.75 Å². The molecule has 4 rings (SSSR count). The van der Waals surface area contributed by atoms with Gasteiger partial charge >= 0.3 is 0 Å². The Morgan fingerprint density at radius 1 is 1.12 bits per heavy atom. The number of aromatic nitrogens is 1. The van der Waals surface area contributed by atoms with Gasteiger partial charge in [-0.2, -0.15) is 0 Å². The molecule has 5 heteroatoms. The van der Waals surface area contributed by atoms with E-state index in [2.05, 4.69) is 9.88 Å². The van der Waals surface area contributed by atoms with Crippen molar-refractivity contribution in [3.05, 3.63) is 24.5 Å². The van der Waals surface area contributed by atoms with E-state index in [1.165, 1.54) is 25.7 Å². The summed E-state index contributed by atoms with van der Waals surface area (Å²) in [6.07, 6.45) is 13.3. The average Bonchev–Trinajstić information content (AvgIpc) is 3.20. The average molecular weight is 346 g/mol. The van der Waals surface area contributed by atoms with Crippen LogP contribution < -0.4 is 4.74 Å². The fourth-order valence-electron chi connectivity index (χ4n) is 4.56. The molecule has 1 saturated carbocycles. The molecule has 24 heavy (non-hydrogen) atoms. The van der Waals surface area contributed by atoms with E-state index in [1.54, 1.807) is 12.4 Å². The Morgan fingerprint density at radius 3 is 2.46 bits per heavy atom. The predicted octanol–water partition coefficient (Wildman–Crippen LogP) is 3.66. The van der Waals surface area contributed by atoms with E-state index in [1.807, 2.05) is 23.9 Å². The van der Waals surface area contributed by atoms with Crippen LogP contribution in [0.1, 0.15) is 51.4 Å². The summed E-state index contributed by atoms with van der Waals surface area (Å²) in [7, 11) is 0. The maximum absolute atomic E-state index is 12.7. The lowest BCUT2D eigenvalue weighted by molar-refractivity contribution is -0.134. The van der Waals surface area contributed by atoms with E-state index in [0.717, 1.165) is 36.7 Å². The first kappa shape index (κ1) is 16.2.